The number of aromatic nitrogens is 2. The standard InChI is InChI=1S/C22H31N3O4/c1-15(2)29-20(16(3)14-18-10-7-6-8-11-18)23-19-17(4)21(27)25(12-9-13-26)22(28)24(19)5/h6-8,10-11,15-16,26H,9,12-14H2,1-5H3. The summed E-state index contributed by atoms with van der Waals surface area (Å²) in [6, 6.07) is 10.0. The van der Waals surface area contributed by atoms with Crippen LogP contribution < -0.4 is 11.2 Å². The molecule has 7 heteroatoms. The highest BCUT2D eigenvalue weighted by atomic mass is 16.5. The Morgan fingerprint density at radius 1 is 1.17 bits per heavy atom. The van der Waals surface area contributed by atoms with Crippen LogP contribution in [0.1, 0.15) is 38.3 Å². The van der Waals surface area contributed by atoms with Gasteiger partial charge in [0.05, 0.1) is 11.7 Å². The van der Waals surface area contributed by atoms with E-state index >= 15 is 0 Å². The maximum atomic E-state index is 12.7. The molecule has 1 heterocycles. The SMILES string of the molecule is Cc1c(N=C(OC(C)C)C(C)Cc2ccccc2)n(C)c(=O)n(CCCO)c1=O. The molecule has 0 amide bonds. The van der Waals surface area contributed by atoms with Crippen LogP contribution in [0.5, 0.6) is 0 Å². The zero-order chi connectivity index (χ0) is 21.6. The van der Waals surface area contributed by atoms with Gasteiger partial charge in [-0.1, -0.05) is 37.3 Å². The smallest absolute Gasteiger partial charge is 0.332 e. The number of hydrogen-bond acceptors (Lipinski definition) is 5. The van der Waals surface area contributed by atoms with Crippen LogP contribution in [0, 0.1) is 12.8 Å². The van der Waals surface area contributed by atoms with E-state index < -0.39 is 5.69 Å². The van der Waals surface area contributed by atoms with Crippen molar-refractivity contribution in [3.05, 3.63) is 62.3 Å². The Kier molecular flexibility index (Phi) is 7.96. The Balaban J connectivity index is 2.50. The number of ether oxygens (including phenoxy) is 1. The summed E-state index contributed by atoms with van der Waals surface area (Å²) in [6.07, 6.45) is 0.981. The van der Waals surface area contributed by atoms with E-state index in [-0.39, 0.29) is 30.7 Å². The maximum Gasteiger partial charge on any atom is 0.332 e. The van der Waals surface area contributed by atoms with Crippen LogP contribution in [0.15, 0.2) is 44.9 Å². The van der Waals surface area contributed by atoms with Gasteiger partial charge >= 0.3 is 5.69 Å². The number of rotatable bonds is 8. The van der Waals surface area contributed by atoms with Crippen LogP contribution in [0.3, 0.4) is 0 Å². The number of nitrogens with zero attached hydrogens (tertiary/aromatic N) is 3. The van der Waals surface area contributed by atoms with E-state index in [1.165, 1.54) is 4.57 Å². The van der Waals surface area contributed by atoms with E-state index in [0.29, 0.717) is 23.7 Å². The van der Waals surface area contributed by atoms with E-state index in [4.69, 9.17) is 9.84 Å². The molecule has 1 aromatic carbocycles. The minimum absolute atomic E-state index is 0.0360. The summed E-state index contributed by atoms with van der Waals surface area (Å²) in [5.41, 5.74) is 0.694. The van der Waals surface area contributed by atoms with Crippen LogP contribution >= 0.6 is 0 Å². The first-order valence-electron chi connectivity index (χ1n) is 9.96. The van der Waals surface area contributed by atoms with Crippen LogP contribution in [-0.2, 0) is 24.8 Å². The molecule has 0 spiro atoms. The van der Waals surface area contributed by atoms with Gasteiger partial charge in [-0.2, -0.15) is 4.99 Å². The topological polar surface area (TPSA) is 85.8 Å². The van der Waals surface area contributed by atoms with Gasteiger partial charge in [-0.15, -0.1) is 0 Å². The first-order valence-corrected chi connectivity index (χ1v) is 9.96. The molecule has 2 aromatic rings. The first kappa shape index (κ1) is 22.6. The third-order valence-corrected chi connectivity index (χ3v) is 4.66. The van der Waals surface area contributed by atoms with Gasteiger partial charge in [-0.3, -0.25) is 13.9 Å². The Labute approximate surface area is 171 Å². The van der Waals surface area contributed by atoms with E-state index in [2.05, 4.69) is 4.99 Å². The van der Waals surface area contributed by atoms with Gasteiger partial charge in [0.2, 0.25) is 0 Å². The molecule has 2 rings (SSSR count). The molecule has 0 aliphatic rings. The third-order valence-electron chi connectivity index (χ3n) is 4.66. The number of aliphatic hydroxyl groups excluding tert-OH is 1. The molecule has 29 heavy (non-hydrogen) atoms. The second-order valence-electron chi connectivity index (χ2n) is 7.53. The molecule has 1 aromatic heterocycles. The first-order chi connectivity index (χ1) is 13.8. The Morgan fingerprint density at radius 3 is 2.41 bits per heavy atom. The molecule has 0 aliphatic heterocycles. The van der Waals surface area contributed by atoms with Gasteiger partial charge in [0.15, 0.2) is 5.90 Å². The average Bonchev–Trinajstić information content (AvgIpc) is 2.69. The van der Waals surface area contributed by atoms with E-state index in [1.807, 2.05) is 51.1 Å². The summed E-state index contributed by atoms with van der Waals surface area (Å²) in [5.74, 6) is 0.761. The lowest BCUT2D eigenvalue weighted by Crippen LogP contribution is -2.40. The molecule has 0 bridgehead atoms. The van der Waals surface area contributed by atoms with Gasteiger partial charge in [-0.25, -0.2) is 4.79 Å². The lowest BCUT2D eigenvalue weighted by molar-refractivity contribution is 0.212. The minimum Gasteiger partial charge on any atom is -0.478 e. The van der Waals surface area contributed by atoms with Crippen molar-refractivity contribution in [3.63, 3.8) is 0 Å². The molecule has 0 radical (unpaired) electrons. The van der Waals surface area contributed by atoms with Crippen molar-refractivity contribution in [2.24, 2.45) is 18.0 Å². The molecule has 158 valence electrons. The maximum absolute atomic E-state index is 12.7. The lowest BCUT2D eigenvalue weighted by atomic mass is 10.0. The highest BCUT2D eigenvalue weighted by Crippen LogP contribution is 2.18. The monoisotopic (exact) mass is 401 g/mol. The van der Waals surface area contributed by atoms with Crippen molar-refractivity contribution >= 4 is 11.7 Å². The largest absolute Gasteiger partial charge is 0.478 e. The van der Waals surface area contributed by atoms with Crippen molar-refractivity contribution < 1.29 is 9.84 Å². The zero-order valence-electron chi connectivity index (χ0n) is 17.9. The highest BCUT2D eigenvalue weighted by molar-refractivity contribution is 5.81. The molecule has 0 fully saturated rings. The van der Waals surface area contributed by atoms with Crippen molar-refractivity contribution in [3.8, 4) is 0 Å². The fourth-order valence-corrected chi connectivity index (χ4v) is 3.15. The molecule has 1 unspecified atom stereocenters. The molecular formula is C22H31N3O4. The summed E-state index contributed by atoms with van der Waals surface area (Å²) in [6.45, 7) is 7.60. The van der Waals surface area contributed by atoms with Crippen molar-refractivity contribution in [1.29, 1.82) is 0 Å². The van der Waals surface area contributed by atoms with Crippen LogP contribution in [0.4, 0.5) is 5.82 Å². The highest BCUT2D eigenvalue weighted by Gasteiger charge is 2.19. The van der Waals surface area contributed by atoms with Crippen molar-refractivity contribution in [1.82, 2.24) is 9.13 Å². The van der Waals surface area contributed by atoms with Gasteiger partial charge in [0.25, 0.3) is 5.56 Å². The summed E-state index contributed by atoms with van der Waals surface area (Å²) < 4.78 is 8.47. The van der Waals surface area contributed by atoms with Crippen LogP contribution in [0.2, 0.25) is 0 Å². The average molecular weight is 402 g/mol. The Hall–Kier alpha value is -2.67. The lowest BCUT2D eigenvalue weighted by Gasteiger charge is -2.20. The van der Waals surface area contributed by atoms with E-state index in [0.717, 1.165) is 16.6 Å². The number of benzene rings is 1. The van der Waals surface area contributed by atoms with E-state index in [1.54, 1.807) is 14.0 Å². The number of hydrogen-bond donors (Lipinski definition) is 1. The predicted molar refractivity (Wildman–Crippen MR) is 115 cm³/mol. The Bertz CT molecular complexity index is 921. The second kappa shape index (κ2) is 10.2. The minimum atomic E-state index is -0.451. The molecular weight excluding hydrogens is 370 g/mol. The second-order valence-corrected chi connectivity index (χ2v) is 7.53. The van der Waals surface area contributed by atoms with Crippen molar-refractivity contribution in [2.45, 2.75) is 53.2 Å². The van der Waals surface area contributed by atoms with Gasteiger partial charge in [-0.05, 0) is 39.2 Å². The summed E-state index contributed by atoms with van der Waals surface area (Å²) >= 11 is 0. The fraction of sp³-hybridized carbons (Fsp3) is 0.500. The molecule has 0 saturated carbocycles. The number of aliphatic imine (C=N–C) groups is 1. The Morgan fingerprint density at radius 2 is 1.83 bits per heavy atom. The third kappa shape index (κ3) is 5.67. The quantitative estimate of drug-likeness (QED) is 0.544. The van der Waals surface area contributed by atoms with Gasteiger partial charge in [0.1, 0.15) is 5.82 Å². The van der Waals surface area contributed by atoms with Gasteiger partial charge in [0, 0.05) is 26.1 Å². The van der Waals surface area contributed by atoms with Gasteiger partial charge < -0.3 is 9.84 Å². The van der Waals surface area contributed by atoms with E-state index in [9.17, 15) is 9.59 Å². The summed E-state index contributed by atoms with van der Waals surface area (Å²) in [4.78, 5) is 30.0. The molecule has 0 saturated heterocycles. The van der Waals surface area contributed by atoms with Crippen molar-refractivity contribution in [2.75, 3.05) is 6.61 Å². The predicted octanol–water partition coefficient (Wildman–Crippen LogP) is 2.57. The number of aliphatic hydroxyl groups is 1. The molecule has 7 nitrogen and oxygen atoms in total. The van der Waals surface area contributed by atoms with Crippen LogP contribution in [0.25, 0.3) is 0 Å². The fourth-order valence-electron chi connectivity index (χ4n) is 3.15. The zero-order valence-corrected chi connectivity index (χ0v) is 17.9. The van der Waals surface area contributed by atoms with Crippen LogP contribution in [-0.4, -0.2) is 32.8 Å². The summed E-state index contributed by atoms with van der Waals surface area (Å²) in [5, 5.41) is 9.02. The molecule has 0 aliphatic carbocycles. The molecule has 1 atom stereocenters. The molecule has 1 N–H and O–H groups in total. The summed E-state index contributed by atoms with van der Waals surface area (Å²) in [7, 11) is 1.60. The normalized spacial score (nSPS) is 13.0.